The molecule has 1 aromatic heterocycles. The molecule has 1 N–H and O–H groups in total. The third kappa shape index (κ3) is 4.09. The first kappa shape index (κ1) is 19.4. The van der Waals surface area contributed by atoms with Crippen LogP contribution >= 0.6 is 0 Å². The van der Waals surface area contributed by atoms with E-state index in [1.165, 1.54) is 5.56 Å². The lowest BCUT2D eigenvalue weighted by Gasteiger charge is -2.11. The molecule has 5 nitrogen and oxygen atoms in total. The van der Waals surface area contributed by atoms with Gasteiger partial charge in [-0.1, -0.05) is 54.1 Å². The molecule has 0 spiro atoms. The third-order valence-electron chi connectivity index (χ3n) is 4.89. The molecule has 0 amide bonds. The molecule has 0 aliphatic rings. The first-order chi connectivity index (χ1) is 13.9. The van der Waals surface area contributed by atoms with E-state index in [1.807, 2.05) is 56.3 Å². The van der Waals surface area contributed by atoms with Crippen molar-refractivity contribution in [1.29, 1.82) is 0 Å². The molecule has 148 valence electrons. The average Bonchev–Trinajstić information content (AvgIpc) is 3.07. The van der Waals surface area contributed by atoms with Crippen molar-refractivity contribution in [1.82, 2.24) is 14.3 Å². The molecule has 0 saturated heterocycles. The molecule has 0 bridgehead atoms. The predicted octanol–water partition coefficient (Wildman–Crippen LogP) is 4.30. The van der Waals surface area contributed by atoms with Crippen LogP contribution < -0.4 is 4.72 Å². The minimum atomic E-state index is -3.56. The van der Waals surface area contributed by atoms with Crippen molar-refractivity contribution in [3.8, 4) is 11.4 Å². The second-order valence-corrected chi connectivity index (χ2v) is 8.92. The molecule has 0 aliphatic carbocycles. The summed E-state index contributed by atoms with van der Waals surface area (Å²) in [6.07, 6.45) is 0. The Hall–Kier alpha value is -2.96. The van der Waals surface area contributed by atoms with Crippen LogP contribution in [0.2, 0.25) is 0 Å². The number of aromatic nitrogens is 2. The molecular formula is C23H23N3O2S. The molecular weight excluding hydrogens is 382 g/mol. The van der Waals surface area contributed by atoms with Gasteiger partial charge in [0.05, 0.1) is 15.9 Å². The number of benzene rings is 3. The van der Waals surface area contributed by atoms with Gasteiger partial charge in [-0.3, -0.25) is 0 Å². The molecule has 6 heteroatoms. The van der Waals surface area contributed by atoms with E-state index in [4.69, 9.17) is 4.98 Å². The lowest BCUT2D eigenvalue weighted by molar-refractivity contribution is 0.574. The molecule has 29 heavy (non-hydrogen) atoms. The molecule has 0 fully saturated rings. The quantitative estimate of drug-likeness (QED) is 0.520. The van der Waals surface area contributed by atoms with Crippen molar-refractivity contribution in [2.75, 3.05) is 6.54 Å². The number of nitrogens with one attached hydrogen (secondary N) is 1. The van der Waals surface area contributed by atoms with Gasteiger partial charge in [0.2, 0.25) is 10.0 Å². The van der Waals surface area contributed by atoms with E-state index in [-0.39, 0.29) is 11.4 Å². The number of para-hydroxylation sites is 2. The molecule has 1 heterocycles. The second-order valence-electron chi connectivity index (χ2n) is 7.16. The van der Waals surface area contributed by atoms with Crippen molar-refractivity contribution in [2.45, 2.75) is 25.3 Å². The Morgan fingerprint density at radius 3 is 2.41 bits per heavy atom. The van der Waals surface area contributed by atoms with Gasteiger partial charge >= 0.3 is 0 Å². The van der Waals surface area contributed by atoms with Crippen LogP contribution in [-0.4, -0.2) is 24.5 Å². The van der Waals surface area contributed by atoms with Crippen LogP contribution in [-0.2, 0) is 16.6 Å². The van der Waals surface area contributed by atoms with Gasteiger partial charge < -0.3 is 4.57 Å². The summed E-state index contributed by atoms with van der Waals surface area (Å²) in [5, 5.41) is 0. The highest BCUT2D eigenvalue weighted by atomic mass is 32.2. The Balaban J connectivity index is 1.62. The topological polar surface area (TPSA) is 64.0 Å². The smallest absolute Gasteiger partial charge is 0.240 e. The van der Waals surface area contributed by atoms with Crippen LogP contribution in [0.15, 0.2) is 77.7 Å². The molecule has 4 aromatic rings. The highest BCUT2D eigenvalue weighted by Crippen LogP contribution is 2.25. The Bertz CT molecular complexity index is 1260. The van der Waals surface area contributed by atoms with Gasteiger partial charge in [-0.25, -0.2) is 18.1 Å². The van der Waals surface area contributed by atoms with E-state index in [0.29, 0.717) is 6.54 Å². The number of fused-ring (bicyclic) bond motifs is 1. The minimum absolute atomic E-state index is 0.273. The summed E-state index contributed by atoms with van der Waals surface area (Å²) in [5.74, 6) is 0.834. The minimum Gasteiger partial charge on any atom is -0.323 e. The fraction of sp³-hybridized carbons (Fsp3) is 0.174. The summed E-state index contributed by atoms with van der Waals surface area (Å²) in [7, 11) is -3.56. The maximum absolute atomic E-state index is 12.6. The standard InChI is InChI=1S/C23H23N3O2S/c1-17-10-12-19(13-11-17)23-25-21-8-3-4-9-22(21)26(23)15-14-24-29(27,28)20-7-5-6-18(2)16-20/h3-13,16,24H,14-15H2,1-2H3. The van der Waals surface area contributed by atoms with Gasteiger partial charge in [-0.05, 0) is 43.7 Å². The molecule has 4 rings (SSSR count). The van der Waals surface area contributed by atoms with Crippen molar-refractivity contribution < 1.29 is 8.42 Å². The van der Waals surface area contributed by atoms with Crippen molar-refractivity contribution in [3.63, 3.8) is 0 Å². The van der Waals surface area contributed by atoms with Crippen LogP contribution in [0.1, 0.15) is 11.1 Å². The van der Waals surface area contributed by atoms with Gasteiger partial charge in [0.1, 0.15) is 5.82 Å². The number of hydrogen-bond donors (Lipinski definition) is 1. The summed E-state index contributed by atoms with van der Waals surface area (Å²) in [4.78, 5) is 5.07. The molecule has 0 saturated carbocycles. The summed E-state index contributed by atoms with van der Waals surface area (Å²) in [5.41, 5.74) is 4.98. The Kier molecular flexibility index (Phi) is 5.22. The van der Waals surface area contributed by atoms with Crippen molar-refractivity contribution in [3.05, 3.63) is 83.9 Å². The van der Waals surface area contributed by atoms with E-state index in [9.17, 15) is 8.42 Å². The Morgan fingerprint density at radius 1 is 0.897 bits per heavy atom. The summed E-state index contributed by atoms with van der Waals surface area (Å²) < 4.78 is 30.1. The number of hydrogen-bond acceptors (Lipinski definition) is 3. The fourth-order valence-corrected chi connectivity index (χ4v) is 4.51. The monoisotopic (exact) mass is 405 g/mol. The van der Waals surface area contributed by atoms with Crippen molar-refractivity contribution in [2.24, 2.45) is 0 Å². The lowest BCUT2D eigenvalue weighted by Crippen LogP contribution is -2.27. The molecule has 0 aliphatic heterocycles. The number of sulfonamides is 1. The van der Waals surface area contributed by atoms with Gasteiger partial charge in [0, 0.05) is 18.7 Å². The third-order valence-corrected chi connectivity index (χ3v) is 6.35. The van der Waals surface area contributed by atoms with Gasteiger partial charge in [-0.2, -0.15) is 0 Å². The van der Waals surface area contributed by atoms with E-state index < -0.39 is 10.0 Å². The average molecular weight is 406 g/mol. The van der Waals surface area contributed by atoms with E-state index in [0.717, 1.165) is 28.0 Å². The second kappa shape index (κ2) is 7.81. The van der Waals surface area contributed by atoms with E-state index in [1.54, 1.807) is 18.2 Å². The molecule has 0 unspecified atom stereocenters. The molecule has 3 aromatic carbocycles. The zero-order valence-corrected chi connectivity index (χ0v) is 17.3. The lowest BCUT2D eigenvalue weighted by atomic mass is 10.1. The largest absolute Gasteiger partial charge is 0.323 e. The zero-order valence-electron chi connectivity index (χ0n) is 16.5. The maximum Gasteiger partial charge on any atom is 0.240 e. The zero-order chi connectivity index (χ0) is 20.4. The number of imidazole rings is 1. The highest BCUT2D eigenvalue weighted by Gasteiger charge is 2.16. The normalized spacial score (nSPS) is 11.8. The molecule has 0 radical (unpaired) electrons. The first-order valence-corrected chi connectivity index (χ1v) is 11.0. The highest BCUT2D eigenvalue weighted by molar-refractivity contribution is 7.89. The summed E-state index contributed by atoms with van der Waals surface area (Å²) in [6.45, 7) is 4.68. The van der Waals surface area contributed by atoms with Gasteiger partial charge in [0.15, 0.2) is 0 Å². The SMILES string of the molecule is Cc1ccc(-c2nc3ccccc3n2CCNS(=O)(=O)c2cccc(C)c2)cc1. The fourth-order valence-electron chi connectivity index (χ4n) is 3.38. The van der Waals surface area contributed by atoms with Crippen LogP contribution in [0, 0.1) is 13.8 Å². The number of rotatable bonds is 6. The van der Waals surface area contributed by atoms with Gasteiger partial charge in [0.25, 0.3) is 0 Å². The Labute approximate surface area is 171 Å². The van der Waals surface area contributed by atoms with Crippen LogP contribution in [0.3, 0.4) is 0 Å². The van der Waals surface area contributed by atoms with E-state index >= 15 is 0 Å². The predicted molar refractivity (Wildman–Crippen MR) is 116 cm³/mol. The van der Waals surface area contributed by atoms with E-state index in [2.05, 4.69) is 21.4 Å². The molecule has 0 atom stereocenters. The van der Waals surface area contributed by atoms with Crippen LogP contribution in [0.4, 0.5) is 0 Å². The first-order valence-electron chi connectivity index (χ1n) is 9.53. The number of nitrogens with zero attached hydrogens (tertiary/aromatic N) is 2. The Morgan fingerprint density at radius 2 is 1.66 bits per heavy atom. The van der Waals surface area contributed by atoms with Crippen LogP contribution in [0.25, 0.3) is 22.4 Å². The summed E-state index contributed by atoms with van der Waals surface area (Å²) >= 11 is 0. The van der Waals surface area contributed by atoms with Crippen molar-refractivity contribution >= 4 is 21.1 Å². The maximum atomic E-state index is 12.6. The van der Waals surface area contributed by atoms with Gasteiger partial charge in [-0.15, -0.1) is 0 Å². The number of aryl methyl sites for hydroxylation is 2. The summed E-state index contributed by atoms with van der Waals surface area (Å²) in [6, 6.07) is 23.0. The van der Waals surface area contributed by atoms with Crippen LogP contribution in [0.5, 0.6) is 0 Å².